The van der Waals surface area contributed by atoms with E-state index in [1.54, 1.807) is 9.80 Å². The minimum atomic E-state index is -0.0597. The number of nitrogens with zero attached hydrogens (tertiary/aromatic N) is 3. The molecule has 3 heterocycles. The van der Waals surface area contributed by atoms with Crippen molar-refractivity contribution in [1.29, 1.82) is 0 Å². The van der Waals surface area contributed by atoms with Crippen molar-refractivity contribution in [2.24, 2.45) is 0 Å². The van der Waals surface area contributed by atoms with Gasteiger partial charge >= 0.3 is 0 Å². The molecule has 1 saturated carbocycles. The van der Waals surface area contributed by atoms with Crippen molar-refractivity contribution in [3.8, 4) is 0 Å². The molecule has 5 rings (SSSR count). The van der Waals surface area contributed by atoms with Gasteiger partial charge in [-0.25, -0.2) is 0 Å². The van der Waals surface area contributed by atoms with Crippen molar-refractivity contribution in [2.45, 2.75) is 38.8 Å². The highest BCUT2D eigenvalue weighted by molar-refractivity contribution is 5.99. The Balaban J connectivity index is 1.41. The lowest BCUT2D eigenvalue weighted by molar-refractivity contribution is 0.0717. The van der Waals surface area contributed by atoms with Gasteiger partial charge in [0.1, 0.15) is 5.69 Å². The number of hydrogen-bond donors (Lipinski definition) is 2. The fourth-order valence-electron chi connectivity index (χ4n) is 4.03. The highest BCUT2D eigenvalue weighted by Crippen LogP contribution is 2.29. The first kappa shape index (κ1) is 17.0. The molecule has 0 radical (unpaired) electrons. The SMILES string of the molecule is Cc1cccc2[nH]c(C(=O)N3CCc4[nH]nc(C(=O)N(C)C5CC5)c4C3)cc12. The van der Waals surface area contributed by atoms with Crippen LogP contribution in [0.5, 0.6) is 0 Å². The maximum atomic E-state index is 13.1. The molecule has 0 unspecified atom stereocenters. The third-order valence-corrected chi connectivity index (χ3v) is 5.95. The third-order valence-electron chi connectivity index (χ3n) is 5.95. The van der Waals surface area contributed by atoms with Crippen LogP contribution in [-0.2, 0) is 13.0 Å². The number of rotatable bonds is 3. The van der Waals surface area contributed by atoms with Crippen LogP contribution in [0.25, 0.3) is 10.9 Å². The number of amides is 2. The Bertz CT molecular complexity index is 1090. The minimum absolute atomic E-state index is 0.0450. The van der Waals surface area contributed by atoms with E-state index in [0.29, 0.717) is 36.9 Å². The van der Waals surface area contributed by atoms with Crippen molar-refractivity contribution in [2.75, 3.05) is 13.6 Å². The average Bonchev–Trinajstić information content (AvgIpc) is 3.31. The smallest absolute Gasteiger partial charge is 0.274 e. The lowest BCUT2D eigenvalue weighted by Gasteiger charge is -2.27. The highest BCUT2D eigenvalue weighted by atomic mass is 16.2. The van der Waals surface area contributed by atoms with E-state index in [-0.39, 0.29) is 11.8 Å². The van der Waals surface area contributed by atoms with Crippen LogP contribution < -0.4 is 0 Å². The van der Waals surface area contributed by atoms with E-state index in [9.17, 15) is 9.59 Å². The Kier molecular flexibility index (Phi) is 3.79. The first-order valence-electron chi connectivity index (χ1n) is 9.74. The summed E-state index contributed by atoms with van der Waals surface area (Å²) in [4.78, 5) is 32.7. The average molecular weight is 377 g/mol. The molecule has 0 bridgehead atoms. The van der Waals surface area contributed by atoms with Gasteiger partial charge in [0.15, 0.2) is 5.69 Å². The van der Waals surface area contributed by atoms with Gasteiger partial charge in [-0.1, -0.05) is 12.1 Å². The van der Waals surface area contributed by atoms with Crippen molar-refractivity contribution in [3.63, 3.8) is 0 Å². The van der Waals surface area contributed by atoms with Crippen LogP contribution in [0.1, 0.15) is 50.6 Å². The van der Waals surface area contributed by atoms with Crippen LogP contribution in [0.3, 0.4) is 0 Å². The molecule has 0 spiro atoms. The maximum absolute atomic E-state index is 13.1. The fourth-order valence-corrected chi connectivity index (χ4v) is 4.03. The number of aromatic amines is 2. The fraction of sp³-hybridized carbons (Fsp3) is 0.381. The number of nitrogens with one attached hydrogen (secondary N) is 2. The van der Waals surface area contributed by atoms with E-state index >= 15 is 0 Å². The summed E-state index contributed by atoms with van der Waals surface area (Å²) >= 11 is 0. The lowest BCUT2D eigenvalue weighted by atomic mass is 10.0. The molecule has 2 N–H and O–H groups in total. The Hall–Kier alpha value is -3.09. The largest absolute Gasteiger partial charge is 0.351 e. The van der Waals surface area contributed by atoms with E-state index in [0.717, 1.165) is 40.6 Å². The van der Waals surface area contributed by atoms with E-state index in [1.165, 1.54) is 0 Å². The molecule has 0 saturated heterocycles. The summed E-state index contributed by atoms with van der Waals surface area (Å²) in [6, 6.07) is 8.25. The molecule has 3 aromatic rings. The molecule has 28 heavy (non-hydrogen) atoms. The Morgan fingerprint density at radius 3 is 2.86 bits per heavy atom. The number of benzene rings is 1. The summed E-state index contributed by atoms with van der Waals surface area (Å²) in [5.74, 6) is -0.105. The van der Waals surface area contributed by atoms with E-state index < -0.39 is 0 Å². The number of aryl methyl sites for hydroxylation is 1. The number of hydrogen-bond acceptors (Lipinski definition) is 3. The molecule has 1 aromatic carbocycles. The van der Waals surface area contributed by atoms with Crippen molar-refractivity contribution >= 4 is 22.7 Å². The number of carbonyl (C=O) groups excluding carboxylic acids is 2. The summed E-state index contributed by atoms with van der Waals surface area (Å²) in [7, 11) is 1.83. The zero-order valence-corrected chi connectivity index (χ0v) is 16.1. The summed E-state index contributed by atoms with van der Waals surface area (Å²) in [6.45, 7) is 3.05. The molecule has 1 aliphatic carbocycles. The molecular formula is C21H23N5O2. The Labute approximate surface area is 162 Å². The standard InChI is InChI=1S/C21H23N5O2/c1-12-4-3-5-16-14(12)10-18(22-16)20(27)26-9-8-17-15(11-26)19(24-23-17)21(28)25(2)13-6-7-13/h3-5,10,13,22H,6-9,11H2,1-2H3,(H,23,24). The van der Waals surface area contributed by atoms with Gasteiger partial charge in [0.2, 0.25) is 0 Å². The van der Waals surface area contributed by atoms with E-state index in [1.807, 2.05) is 38.2 Å². The number of aromatic nitrogens is 3. The predicted octanol–water partition coefficient (Wildman–Crippen LogP) is 2.63. The third kappa shape index (κ3) is 2.69. The molecule has 1 aliphatic heterocycles. The van der Waals surface area contributed by atoms with Crippen molar-refractivity contribution in [3.05, 3.63) is 52.5 Å². The van der Waals surface area contributed by atoms with Gasteiger partial charge in [-0.05, 0) is 37.5 Å². The second kappa shape index (κ2) is 6.22. The Morgan fingerprint density at radius 2 is 2.11 bits per heavy atom. The van der Waals surface area contributed by atoms with Gasteiger partial charge in [-0.2, -0.15) is 5.10 Å². The lowest BCUT2D eigenvalue weighted by Crippen LogP contribution is -2.37. The second-order valence-corrected chi connectivity index (χ2v) is 7.87. The van der Waals surface area contributed by atoms with Crippen LogP contribution >= 0.6 is 0 Å². The summed E-state index contributed by atoms with van der Waals surface area (Å²) < 4.78 is 0. The molecule has 1 fully saturated rings. The van der Waals surface area contributed by atoms with Gasteiger partial charge in [0.05, 0.1) is 6.54 Å². The number of fused-ring (bicyclic) bond motifs is 2. The minimum Gasteiger partial charge on any atom is -0.351 e. The van der Waals surface area contributed by atoms with Crippen LogP contribution in [0.4, 0.5) is 0 Å². The zero-order chi connectivity index (χ0) is 19.4. The van der Waals surface area contributed by atoms with Crippen molar-refractivity contribution in [1.82, 2.24) is 25.0 Å². The van der Waals surface area contributed by atoms with Gasteiger partial charge in [0.25, 0.3) is 11.8 Å². The second-order valence-electron chi connectivity index (χ2n) is 7.87. The molecule has 144 valence electrons. The molecular weight excluding hydrogens is 354 g/mol. The molecule has 7 nitrogen and oxygen atoms in total. The maximum Gasteiger partial charge on any atom is 0.274 e. The number of H-pyrrole nitrogens is 2. The van der Waals surface area contributed by atoms with Gasteiger partial charge < -0.3 is 14.8 Å². The summed E-state index contributed by atoms with van der Waals surface area (Å²) in [5.41, 5.74) is 4.95. The van der Waals surface area contributed by atoms with Crippen LogP contribution in [0, 0.1) is 6.92 Å². The molecule has 7 heteroatoms. The molecule has 2 amide bonds. The first-order valence-corrected chi connectivity index (χ1v) is 9.74. The van der Waals surface area contributed by atoms with Gasteiger partial charge in [-0.15, -0.1) is 0 Å². The first-order chi connectivity index (χ1) is 13.5. The van der Waals surface area contributed by atoms with E-state index in [4.69, 9.17) is 0 Å². The predicted molar refractivity (Wildman–Crippen MR) is 105 cm³/mol. The normalized spacial score (nSPS) is 16.3. The van der Waals surface area contributed by atoms with Crippen LogP contribution in [-0.4, -0.2) is 56.4 Å². The van der Waals surface area contributed by atoms with Crippen molar-refractivity contribution < 1.29 is 9.59 Å². The summed E-state index contributed by atoms with van der Waals surface area (Å²) in [6.07, 6.45) is 2.78. The number of carbonyl (C=O) groups is 2. The molecule has 2 aromatic heterocycles. The van der Waals surface area contributed by atoms with E-state index in [2.05, 4.69) is 15.2 Å². The highest BCUT2D eigenvalue weighted by Gasteiger charge is 2.34. The zero-order valence-electron chi connectivity index (χ0n) is 16.1. The quantitative estimate of drug-likeness (QED) is 0.736. The van der Waals surface area contributed by atoms with Crippen LogP contribution in [0.2, 0.25) is 0 Å². The van der Waals surface area contributed by atoms with Crippen LogP contribution in [0.15, 0.2) is 24.3 Å². The monoisotopic (exact) mass is 377 g/mol. The molecule has 0 atom stereocenters. The molecule has 2 aliphatic rings. The Morgan fingerprint density at radius 1 is 1.29 bits per heavy atom. The van der Waals surface area contributed by atoms with Gasteiger partial charge in [-0.3, -0.25) is 14.7 Å². The van der Waals surface area contributed by atoms with Gasteiger partial charge in [0, 0.05) is 48.2 Å². The topological polar surface area (TPSA) is 85.1 Å². The summed E-state index contributed by atoms with van der Waals surface area (Å²) in [5, 5.41) is 8.35.